The minimum atomic E-state index is -4.27. The average Bonchev–Trinajstić information content (AvgIpc) is 2.15. The van der Waals surface area contributed by atoms with E-state index in [1.165, 1.54) is 12.1 Å². The summed E-state index contributed by atoms with van der Waals surface area (Å²) in [5, 5.41) is -0.224. The van der Waals surface area contributed by atoms with Crippen molar-refractivity contribution in [1.29, 1.82) is 0 Å². The summed E-state index contributed by atoms with van der Waals surface area (Å²) in [7, 11) is 0. The molecule has 1 atom stereocenters. The fraction of sp³-hybridized carbons (Fsp3) is 0.333. The van der Waals surface area contributed by atoms with Crippen LogP contribution in [0.1, 0.15) is 16.5 Å². The Balaban J connectivity index is 2.89. The summed E-state index contributed by atoms with van der Waals surface area (Å²) in [5.74, 6) is 0. The Morgan fingerprint density at radius 3 is 2.07 bits per heavy atom. The van der Waals surface area contributed by atoms with Crippen molar-refractivity contribution in [2.75, 3.05) is 4.43 Å². The second-order valence-corrected chi connectivity index (χ2v) is 4.15. The summed E-state index contributed by atoms with van der Waals surface area (Å²) in [5.41, 5.74) is 0.0765. The maximum atomic E-state index is 12.2. The predicted octanol–water partition coefficient (Wildman–Crippen LogP) is 4.42. The molecule has 5 heteroatoms. The highest BCUT2D eigenvalue weighted by Crippen LogP contribution is 2.31. The van der Waals surface area contributed by atoms with Crippen LogP contribution in [0.4, 0.5) is 13.2 Å². The average molecular weight is 335 g/mol. The number of alkyl halides is 5. The van der Waals surface area contributed by atoms with Gasteiger partial charge in [0.05, 0.1) is 10.9 Å². The van der Waals surface area contributed by atoms with Crippen LogP contribution in [-0.2, 0) is 6.18 Å². The first kappa shape index (κ1) is 12.1. The van der Waals surface area contributed by atoms with Crippen molar-refractivity contribution < 1.29 is 13.2 Å². The fourth-order valence-corrected chi connectivity index (χ4v) is 1.62. The van der Waals surface area contributed by atoms with Crippen LogP contribution >= 0.6 is 34.2 Å². The Hall–Kier alpha value is 0.0300. The van der Waals surface area contributed by atoms with E-state index in [1.54, 1.807) is 0 Å². The Morgan fingerprint density at radius 2 is 1.71 bits per heavy atom. The highest BCUT2D eigenvalue weighted by molar-refractivity contribution is 14.1. The standard InChI is InChI=1S/C9H7ClF3I/c10-8(5-14)6-1-3-7(4-2-6)9(11,12)13/h1-4,8H,5H2. The largest absolute Gasteiger partial charge is 0.416 e. The van der Waals surface area contributed by atoms with Crippen LogP contribution in [0.2, 0.25) is 0 Å². The van der Waals surface area contributed by atoms with Gasteiger partial charge in [0, 0.05) is 4.43 Å². The minimum absolute atomic E-state index is 0.224. The van der Waals surface area contributed by atoms with Gasteiger partial charge in [-0.15, -0.1) is 11.6 Å². The molecular weight excluding hydrogens is 327 g/mol. The molecule has 0 spiro atoms. The molecule has 1 rings (SSSR count). The van der Waals surface area contributed by atoms with Gasteiger partial charge in [-0.05, 0) is 17.7 Å². The van der Waals surface area contributed by atoms with E-state index in [-0.39, 0.29) is 5.38 Å². The highest BCUT2D eigenvalue weighted by atomic mass is 127. The topological polar surface area (TPSA) is 0 Å². The lowest BCUT2D eigenvalue weighted by molar-refractivity contribution is -0.137. The molecule has 0 aromatic heterocycles. The molecule has 0 N–H and O–H groups in total. The third kappa shape index (κ3) is 3.02. The number of hydrogen-bond donors (Lipinski definition) is 0. The predicted molar refractivity (Wildman–Crippen MR) is 58.9 cm³/mol. The quantitative estimate of drug-likeness (QED) is 0.555. The fourth-order valence-electron chi connectivity index (χ4n) is 0.970. The molecule has 0 saturated heterocycles. The molecule has 0 heterocycles. The molecule has 0 radical (unpaired) electrons. The first-order valence-corrected chi connectivity index (χ1v) is 5.78. The van der Waals surface area contributed by atoms with Crippen molar-refractivity contribution in [2.24, 2.45) is 0 Å². The summed E-state index contributed by atoms with van der Waals surface area (Å²) < 4.78 is 37.2. The Labute approximate surface area is 98.6 Å². The van der Waals surface area contributed by atoms with Crippen LogP contribution in [0.3, 0.4) is 0 Å². The first-order valence-electron chi connectivity index (χ1n) is 3.82. The number of rotatable bonds is 2. The van der Waals surface area contributed by atoms with Gasteiger partial charge in [0.15, 0.2) is 0 Å². The van der Waals surface area contributed by atoms with Crippen LogP contribution < -0.4 is 0 Å². The third-order valence-electron chi connectivity index (χ3n) is 1.74. The van der Waals surface area contributed by atoms with E-state index in [2.05, 4.69) is 22.6 Å². The molecular formula is C9H7ClF3I. The lowest BCUT2D eigenvalue weighted by Crippen LogP contribution is -2.04. The van der Waals surface area contributed by atoms with Crippen molar-refractivity contribution in [3.8, 4) is 0 Å². The Kier molecular flexibility index (Phi) is 4.06. The van der Waals surface area contributed by atoms with Crippen LogP contribution in [0.5, 0.6) is 0 Å². The summed E-state index contributed by atoms with van der Waals surface area (Å²) in [6.45, 7) is 0. The van der Waals surface area contributed by atoms with Crippen molar-refractivity contribution >= 4 is 34.2 Å². The van der Waals surface area contributed by atoms with Gasteiger partial charge in [-0.1, -0.05) is 34.7 Å². The summed E-state index contributed by atoms with van der Waals surface area (Å²) >= 11 is 7.96. The van der Waals surface area contributed by atoms with Crippen LogP contribution in [0, 0.1) is 0 Å². The normalized spacial score (nSPS) is 14.1. The second-order valence-electron chi connectivity index (χ2n) is 2.74. The molecule has 0 aliphatic carbocycles. The van der Waals surface area contributed by atoms with Gasteiger partial charge in [0.25, 0.3) is 0 Å². The zero-order chi connectivity index (χ0) is 10.8. The van der Waals surface area contributed by atoms with Crippen molar-refractivity contribution in [3.05, 3.63) is 35.4 Å². The molecule has 1 aromatic rings. The van der Waals surface area contributed by atoms with Crippen molar-refractivity contribution in [3.63, 3.8) is 0 Å². The number of benzene rings is 1. The van der Waals surface area contributed by atoms with Gasteiger partial charge in [0.2, 0.25) is 0 Å². The minimum Gasteiger partial charge on any atom is -0.166 e. The Morgan fingerprint density at radius 1 is 1.21 bits per heavy atom. The molecule has 0 saturated carbocycles. The SMILES string of the molecule is FC(F)(F)c1ccc(C(Cl)CI)cc1. The third-order valence-corrected chi connectivity index (χ3v) is 3.54. The summed E-state index contributed by atoms with van der Waals surface area (Å²) in [6, 6.07) is 4.94. The smallest absolute Gasteiger partial charge is 0.166 e. The summed E-state index contributed by atoms with van der Waals surface area (Å²) in [6.07, 6.45) is -4.27. The molecule has 0 aliphatic rings. The monoisotopic (exact) mass is 334 g/mol. The molecule has 78 valence electrons. The van der Waals surface area contributed by atoms with E-state index in [4.69, 9.17) is 11.6 Å². The number of halogens is 5. The molecule has 14 heavy (non-hydrogen) atoms. The van der Waals surface area contributed by atoms with Gasteiger partial charge in [0.1, 0.15) is 0 Å². The molecule has 1 unspecified atom stereocenters. The highest BCUT2D eigenvalue weighted by Gasteiger charge is 2.30. The van der Waals surface area contributed by atoms with Crippen molar-refractivity contribution in [2.45, 2.75) is 11.6 Å². The van der Waals surface area contributed by atoms with Crippen LogP contribution in [0.25, 0.3) is 0 Å². The van der Waals surface area contributed by atoms with Gasteiger partial charge in [-0.3, -0.25) is 0 Å². The van der Waals surface area contributed by atoms with Gasteiger partial charge in [-0.2, -0.15) is 13.2 Å². The van der Waals surface area contributed by atoms with Crippen LogP contribution in [-0.4, -0.2) is 4.43 Å². The molecule has 1 aromatic carbocycles. The lowest BCUT2D eigenvalue weighted by atomic mass is 10.1. The maximum Gasteiger partial charge on any atom is 0.416 e. The van der Waals surface area contributed by atoms with E-state index in [9.17, 15) is 13.2 Å². The maximum absolute atomic E-state index is 12.2. The molecule has 0 amide bonds. The van der Waals surface area contributed by atoms with Crippen molar-refractivity contribution in [1.82, 2.24) is 0 Å². The second kappa shape index (κ2) is 4.70. The molecule has 0 nitrogen and oxygen atoms in total. The van der Waals surface area contributed by atoms with Gasteiger partial charge in [-0.25, -0.2) is 0 Å². The van der Waals surface area contributed by atoms with E-state index in [0.717, 1.165) is 12.1 Å². The molecule has 0 fully saturated rings. The van der Waals surface area contributed by atoms with E-state index >= 15 is 0 Å². The lowest BCUT2D eigenvalue weighted by Gasteiger charge is -2.09. The van der Waals surface area contributed by atoms with Crippen LogP contribution in [0.15, 0.2) is 24.3 Å². The zero-order valence-electron chi connectivity index (χ0n) is 6.98. The van der Waals surface area contributed by atoms with Gasteiger partial charge >= 0.3 is 6.18 Å². The van der Waals surface area contributed by atoms with E-state index in [1.807, 2.05) is 0 Å². The molecule has 0 aliphatic heterocycles. The van der Waals surface area contributed by atoms with E-state index < -0.39 is 11.7 Å². The molecule has 0 bridgehead atoms. The zero-order valence-corrected chi connectivity index (χ0v) is 9.90. The van der Waals surface area contributed by atoms with Gasteiger partial charge < -0.3 is 0 Å². The number of hydrogen-bond acceptors (Lipinski definition) is 0. The Bertz CT molecular complexity index is 294. The first-order chi connectivity index (χ1) is 6.45. The van der Waals surface area contributed by atoms with E-state index in [0.29, 0.717) is 9.99 Å². The summed E-state index contributed by atoms with van der Waals surface area (Å²) in [4.78, 5) is 0.